The number of benzene rings is 3. The number of carbonyl (C=O) groups is 2. The fourth-order valence-electron chi connectivity index (χ4n) is 3.87. The predicted octanol–water partition coefficient (Wildman–Crippen LogP) is 7.70. The van der Waals surface area contributed by atoms with E-state index in [1.807, 2.05) is 24.3 Å². The molecule has 0 bridgehead atoms. The van der Waals surface area contributed by atoms with Crippen molar-refractivity contribution in [2.24, 2.45) is 0 Å². The first-order valence-electron chi connectivity index (χ1n) is 10.8. The lowest BCUT2D eigenvalue weighted by molar-refractivity contribution is -0.139. The van der Waals surface area contributed by atoms with Crippen LogP contribution < -0.4 is 9.47 Å². The Hall–Kier alpha value is -2.54. The van der Waals surface area contributed by atoms with Crippen LogP contribution in [0.5, 0.6) is 17.2 Å². The van der Waals surface area contributed by atoms with E-state index in [0.29, 0.717) is 57.3 Å². The topological polar surface area (TPSA) is 72.8 Å². The van der Waals surface area contributed by atoms with Crippen molar-refractivity contribution in [3.05, 3.63) is 85.8 Å². The molecule has 5 nitrogen and oxygen atoms in total. The van der Waals surface area contributed by atoms with Crippen molar-refractivity contribution >= 4 is 50.9 Å². The zero-order chi connectivity index (χ0) is 24.2. The Morgan fingerprint density at radius 3 is 2.47 bits per heavy atom. The van der Waals surface area contributed by atoms with Gasteiger partial charge < -0.3 is 14.6 Å². The number of carboxylic acids is 1. The number of halogens is 3. The molecule has 3 aromatic rings. The van der Waals surface area contributed by atoms with Crippen LogP contribution in [0.4, 0.5) is 0 Å². The fourth-order valence-corrected chi connectivity index (χ4v) is 5.00. The highest BCUT2D eigenvalue weighted by Gasteiger charge is 2.31. The molecule has 8 heteroatoms. The van der Waals surface area contributed by atoms with E-state index in [9.17, 15) is 14.7 Å². The molecule has 4 rings (SSSR count). The molecule has 0 saturated heterocycles. The molecule has 3 aromatic carbocycles. The molecule has 1 aliphatic rings. The van der Waals surface area contributed by atoms with Gasteiger partial charge in [-0.3, -0.25) is 9.59 Å². The monoisotopic (exact) mass is 562 g/mol. The van der Waals surface area contributed by atoms with Gasteiger partial charge in [0.25, 0.3) is 0 Å². The van der Waals surface area contributed by atoms with E-state index in [4.69, 9.17) is 32.7 Å². The number of hydrogen-bond acceptors (Lipinski definition) is 4. The van der Waals surface area contributed by atoms with E-state index in [1.54, 1.807) is 30.3 Å². The van der Waals surface area contributed by atoms with Crippen LogP contribution in [-0.4, -0.2) is 23.5 Å². The highest BCUT2D eigenvalue weighted by atomic mass is 79.9. The van der Waals surface area contributed by atoms with Gasteiger partial charge in [0.2, 0.25) is 0 Å². The zero-order valence-electron chi connectivity index (χ0n) is 18.0. The van der Waals surface area contributed by atoms with Gasteiger partial charge in [0.05, 0.1) is 17.5 Å². The van der Waals surface area contributed by atoms with Crippen molar-refractivity contribution in [1.29, 1.82) is 0 Å². The molecule has 34 heavy (non-hydrogen) atoms. The number of hydrogen-bond donors (Lipinski definition) is 1. The van der Waals surface area contributed by atoms with Crippen LogP contribution in [-0.2, 0) is 11.2 Å². The number of rotatable bonds is 8. The lowest BCUT2D eigenvalue weighted by Crippen LogP contribution is -2.21. The second kappa shape index (κ2) is 10.8. The standard InChI is InChI=1S/C26H21BrCl2O5/c27-23-24-20(19(26(31)32)12-13-33-24)14-21(29)25(23)34-18-10-6-16(7-11-18)22(30)3-1-2-15-4-8-17(28)9-5-15/h4-11,14,19H,1-3,12-13H2,(H,31,32). The number of aliphatic carboxylic acids is 1. The number of Topliss-reactive ketones (excluding diaryl/α,β-unsaturated/α-hetero) is 1. The first-order chi connectivity index (χ1) is 16.3. The summed E-state index contributed by atoms with van der Waals surface area (Å²) in [4.78, 5) is 24.1. The minimum atomic E-state index is -0.922. The minimum Gasteiger partial charge on any atom is -0.492 e. The smallest absolute Gasteiger partial charge is 0.311 e. The third-order valence-electron chi connectivity index (χ3n) is 5.67. The maximum atomic E-state index is 12.6. The van der Waals surface area contributed by atoms with Crippen LogP contribution in [0, 0.1) is 0 Å². The summed E-state index contributed by atoms with van der Waals surface area (Å²) in [6.45, 7) is 0.290. The van der Waals surface area contributed by atoms with Crippen LogP contribution in [0.25, 0.3) is 0 Å². The summed E-state index contributed by atoms with van der Waals surface area (Å²) in [6, 6.07) is 16.1. The van der Waals surface area contributed by atoms with Gasteiger partial charge in [-0.1, -0.05) is 35.3 Å². The normalized spacial score (nSPS) is 14.7. The summed E-state index contributed by atoms with van der Waals surface area (Å²) in [5.41, 5.74) is 2.27. The second-order valence-electron chi connectivity index (χ2n) is 7.98. The quantitative estimate of drug-likeness (QED) is 0.284. The number of fused-ring (bicyclic) bond motifs is 1. The Labute approximate surface area is 215 Å². The zero-order valence-corrected chi connectivity index (χ0v) is 21.1. The van der Waals surface area contributed by atoms with Crippen LogP contribution in [0.1, 0.15) is 46.7 Å². The van der Waals surface area contributed by atoms with E-state index >= 15 is 0 Å². The van der Waals surface area contributed by atoms with E-state index in [2.05, 4.69) is 15.9 Å². The molecule has 0 aromatic heterocycles. The molecule has 1 N–H and O–H groups in total. The molecular formula is C26H21BrCl2O5. The van der Waals surface area contributed by atoms with Gasteiger partial charge in [-0.2, -0.15) is 0 Å². The van der Waals surface area contributed by atoms with Gasteiger partial charge in [0.1, 0.15) is 16.0 Å². The molecule has 0 aliphatic carbocycles. The van der Waals surface area contributed by atoms with Crippen molar-refractivity contribution in [2.75, 3.05) is 6.61 Å². The Balaban J connectivity index is 1.42. The van der Waals surface area contributed by atoms with E-state index in [1.165, 1.54) is 0 Å². The summed E-state index contributed by atoms with van der Waals surface area (Å²) in [7, 11) is 0. The highest BCUT2D eigenvalue weighted by molar-refractivity contribution is 9.10. The van der Waals surface area contributed by atoms with E-state index in [-0.39, 0.29) is 10.8 Å². The summed E-state index contributed by atoms with van der Waals surface area (Å²) < 4.78 is 12.1. The molecular weight excluding hydrogens is 543 g/mol. The molecule has 0 radical (unpaired) electrons. The molecule has 0 saturated carbocycles. The third-order valence-corrected chi connectivity index (χ3v) is 6.92. The Bertz CT molecular complexity index is 1210. The Kier molecular flexibility index (Phi) is 7.81. The molecule has 0 amide bonds. The SMILES string of the molecule is O=C(CCCc1ccc(Cl)cc1)c1ccc(Oc2c(Cl)cc3c(c2Br)OCCC3C(=O)O)cc1. The molecule has 0 fully saturated rings. The summed E-state index contributed by atoms with van der Waals surface area (Å²) >= 11 is 15.8. The number of carbonyl (C=O) groups excluding carboxylic acids is 1. The number of ether oxygens (including phenoxy) is 2. The lowest BCUT2D eigenvalue weighted by atomic mass is 9.93. The molecule has 0 spiro atoms. The van der Waals surface area contributed by atoms with Crippen molar-refractivity contribution in [3.8, 4) is 17.2 Å². The first-order valence-corrected chi connectivity index (χ1v) is 12.3. The van der Waals surface area contributed by atoms with Crippen molar-refractivity contribution in [1.82, 2.24) is 0 Å². The van der Waals surface area contributed by atoms with E-state index in [0.717, 1.165) is 18.4 Å². The van der Waals surface area contributed by atoms with Crippen LogP contribution in [0.2, 0.25) is 10.0 Å². The summed E-state index contributed by atoms with van der Waals surface area (Å²) in [5.74, 6) is -0.308. The average molecular weight is 564 g/mol. The van der Waals surface area contributed by atoms with E-state index < -0.39 is 11.9 Å². The lowest BCUT2D eigenvalue weighted by Gasteiger charge is -2.25. The molecule has 176 valence electrons. The number of carboxylic acid groups (broad SMARTS) is 1. The van der Waals surface area contributed by atoms with Gasteiger partial charge in [-0.25, -0.2) is 0 Å². The average Bonchev–Trinajstić information content (AvgIpc) is 2.83. The number of aryl methyl sites for hydroxylation is 1. The van der Waals surface area contributed by atoms with Gasteiger partial charge in [-0.05, 0) is 83.2 Å². The third kappa shape index (κ3) is 5.57. The van der Waals surface area contributed by atoms with Crippen molar-refractivity contribution in [2.45, 2.75) is 31.6 Å². The maximum Gasteiger partial charge on any atom is 0.311 e. The minimum absolute atomic E-state index is 0.0571. The molecule has 1 unspecified atom stereocenters. The summed E-state index contributed by atoms with van der Waals surface area (Å²) in [6.07, 6.45) is 2.36. The van der Waals surface area contributed by atoms with Gasteiger partial charge in [0, 0.05) is 22.6 Å². The highest BCUT2D eigenvalue weighted by Crippen LogP contribution is 2.48. The van der Waals surface area contributed by atoms with Crippen LogP contribution in [0.15, 0.2) is 59.1 Å². The summed E-state index contributed by atoms with van der Waals surface area (Å²) in [5, 5.41) is 10.5. The fraction of sp³-hybridized carbons (Fsp3) is 0.231. The second-order valence-corrected chi connectivity index (χ2v) is 9.61. The first kappa shape index (κ1) is 24.6. The largest absolute Gasteiger partial charge is 0.492 e. The van der Waals surface area contributed by atoms with Gasteiger partial charge >= 0.3 is 5.97 Å². The van der Waals surface area contributed by atoms with Crippen molar-refractivity contribution < 1.29 is 24.2 Å². The molecule has 1 heterocycles. The Morgan fingerprint density at radius 2 is 1.79 bits per heavy atom. The molecule has 1 atom stereocenters. The Morgan fingerprint density at radius 1 is 1.09 bits per heavy atom. The van der Waals surface area contributed by atoms with Gasteiger partial charge in [-0.15, -0.1) is 0 Å². The maximum absolute atomic E-state index is 12.6. The predicted molar refractivity (Wildman–Crippen MR) is 135 cm³/mol. The van der Waals surface area contributed by atoms with Gasteiger partial charge in [0.15, 0.2) is 11.5 Å². The number of ketones is 1. The van der Waals surface area contributed by atoms with Crippen LogP contribution in [0.3, 0.4) is 0 Å². The van der Waals surface area contributed by atoms with Crippen molar-refractivity contribution in [3.63, 3.8) is 0 Å². The van der Waals surface area contributed by atoms with Crippen LogP contribution >= 0.6 is 39.1 Å². The molecule has 1 aliphatic heterocycles.